The van der Waals surface area contributed by atoms with Gasteiger partial charge in [-0.3, -0.25) is 0 Å². The standard InChI is InChI=1S/C49H30N4/c1-2-16-33(17-3-1)47-50-48(52-49(51-47)42-30-34-27-26-31-14-4-6-18-35(31)45(34)40-23-9-8-20-37(40)42)41-29-28-32-15-5-7-19-36(32)46(41)53-43-24-12-10-21-38(43)39-22-11-13-25-44(39)53/h1-30H. The lowest BCUT2D eigenvalue weighted by Crippen LogP contribution is -2.04. The highest BCUT2D eigenvalue weighted by Crippen LogP contribution is 2.41. The molecule has 246 valence electrons. The van der Waals surface area contributed by atoms with Crippen molar-refractivity contribution in [2.45, 2.75) is 0 Å². The molecule has 2 aromatic heterocycles. The molecule has 4 nitrogen and oxygen atoms in total. The molecule has 0 aliphatic carbocycles. The summed E-state index contributed by atoms with van der Waals surface area (Å²) < 4.78 is 2.39. The van der Waals surface area contributed by atoms with Gasteiger partial charge in [-0.05, 0) is 62.0 Å². The zero-order chi connectivity index (χ0) is 34.9. The highest BCUT2D eigenvalue weighted by atomic mass is 15.1. The van der Waals surface area contributed by atoms with E-state index >= 15 is 0 Å². The second-order valence-electron chi connectivity index (χ2n) is 13.6. The molecule has 0 unspecified atom stereocenters. The first kappa shape index (κ1) is 29.5. The van der Waals surface area contributed by atoms with E-state index < -0.39 is 0 Å². The first-order chi connectivity index (χ1) is 26.3. The molecule has 4 heteroatoms. The van der Waals surface area contributed by atoms with Crippen LogP contribution in [0.5, 0.6) is 0 Å². The fourth-order valence-electron chi connectivity index (χ4n) is 8.24. The SMILES string of the molecule is c1ccc(-c2nc(-c3ccc4ccccc4c3-n3c4ccccc4c4ccccc43)nc(-c3cc4ccc5ccccc5c4c4ccccc34)n2)cc1. The van der Waals surface area contributed by atoms with E-state index in [4.69, 9.17) is 15.0 Å². The minimum absolute atomic E-state index is 0.624. The highest BCUT2D eigenvalue weighted by Gasteiger charge is 2.22. The van der Waals surface area contributed by atoms with Crippen LogP contribution >= 0.6 is 0 Å². The summed E-state index contributed by atoms with van der Waals surface area (Å²) in [5, 5.41) is 11.8. The Labute approximate surface area is 305 Å². The van der Waals surface area contributed by atoms with Crippen molar-refractivity contribution in [3.63, 3.8) is 0 Å². The van der Waals surface area contributed by atoms with Gasteiger partial charge in [0.25, 0.3) is 0 Å². The van der Waals surface area contributed by atoms with Crippen LogP contribution in [0.2, 0.25) is 0 Å². The number of para-hydroxylation sites is 2. The zero-order valence-corrected chi connectivity index (χ0v) is 28.6. The maximum atomic E-state index is 5.42. The van der Waals surface area contributed by atoms with E-state index in [1.807, 2.05) is 18.2 Å². The minimum atomic E-state index is 0.624. The molecule has 11 aromatic rings. The molecule has 0 amide bonds. The van der Waals surface area contributed by atoms with Gasteiger partial charge in [-0.25, -0.2) is 15.0 Å². The number of rotatable bonds is 4. The molecule has 0 spiro atoms. The molecule has 9 aromatic carbocycles. The normalized spacial score (nSPS) is 11.8. The van der Waals surface area contributed by atoms with Gasteiger partial charge in [-0.2, -0.15) is 0 Å². The second kappa shape index (κ2) is 11.7. The molecule has 0 atom stereocenters. The summed E-state index contributed by atoms with van der Waals surface area (Å²) in [5.74, 6) is 1.90. The largest absolute Gasteiger partial charge is 0.308 e. The Balaban J connectivity index is 1.25. The summed E-state index contributed by atoms with van der Waals surface area (Å²) in [6.45, 7) is 0. The molecule has 53 heavy (non-hydrogen) atoms. The van der Waals surface area contributed by atoms with Crippen LogP contribution in [0, 0.1) is 0 Å². The monoisotopic (exact) mass is 674 g/mol. The predicted molar refractivity (Wildman–Crippen MR) is 220 cm³/mol. The Hall–Kier alpha value is -7.17. The minimum Gasteiger partial charge on any atom is -0.308 e. The van der Waals surface area contributed by atoms with Gasteiger partial charge in [0.1, 0.15) is 0 Å². The number of nitrogens with zero attached hydrogens (tertiary/aromatic N) is 4. The molecule has 0 aliphatic heterocycles. The third-order valence-corrected chi connectivity index (χ3v) is 10.6. The van der Waals surface area contributed by atoms with Crippen LogP contribution in [0.4, 0.5) is 0 Å². The van der Waals surface area contributed by atoms with Gasteiger partial charge in [0.15, 0.2) is 17.5 Å². The summed E-state index contributed by atoms with van der Waals surface area (Å²) in [7, 11) is 0. The molecule has 0 saturated heterocycles. The maximum Gasteiger partial charge on any atom is 0.166 e. The van der Waals surface area contributed by atoms with Gasteiger partial charge in [-0.15, -0.1) is 0 Å². The average molecular weight is 675 g/mol. The van der Waals surface area contributed by atoms with Crippen molar-refractivity contribution in [3.8, 4) is 39.9 Å². The molecular formula is C49H30N4. The number of hydrogen-bond acceptors (Lipinski definition) is 3. The number of benzene rings is 9. The van der Waals surface area contributed by atoms with Crippen molar-refractivity contribution in [1.82, 2.24) is 19.5 Å². The quantitative estimate of drug-likeness (QED) is 0.175. The third kappa shape index (κ3) is 4.59. The fraction of sp³-hybridized carbons (Fsp3) is 0. The van der Waals surface area contributed by atoms with Gasteiger partial charge in [0.2, 0.25) is 0 Å². The van der Waals surface area contributed by atoms with Crippen molar-refractivity contribution in [1.29, 1.82) is 0 Å². The third-order valence-electron chi connectivity index (χ3n) is 10.6. The van der Waals surface area contributed by atoms with Crippen molar-refractivity contribution in [3.05, 3.63) is 182 Å². The Bertz CT molecular complexity index is 3180. The van der Waals surface area contributed by atoms with Crippen molar-refractivity contribution < 1.29 is 0 Å². The van der Waals surface area contributed by atoms with Crippen LogP contribution in [0.3, 0.4) is 0 Å². The highest BCUT2D eigenvalue weighted by molar-refractivity contribution is 6.23. The number of aromatic nitrogens is 4. The summed E-state index contributed by atoms with van der Waals surface area (Å²) in [6, 6.07) is 64.4. The zero-order valence-electron chi connectivity index (χ0n) is 28.6. The van der Waals surface area contributed by atoms with Gasteiger partial charge in [-0.1, -0.05) is 158 Å². The fourth-order valence-corrected chi connectivity index (χ4v) is 8.24. The van der Waals surface area contributed by atoms with E-state index in [1.165, 1.54) is 32.3 Å². The van der Waals surface area contributed by atoms with Gasteiger partial charge in [0, 0.05) is 32.8 Å². The van der Waals surface area contributed by atoms with Gasteiger partial charge in [0.05, 0.1) is 16.7 Å². The van der Waals surface area contributed by atoms with E-state index in [1.54, 1.807) is 0 Å². The smallest absolute Gasteiger partial charge is 0.166 e. The molecule has 0 saturated carbocycles. The average Bonchev–Trinajstić information content (AvgIpc) is 3.57. The molecule has 0 bridgehead atoms. The first-order valence-corrected chi connectivity index (χ1v) is 18.0. The molecule has 0 N–H and O–H groups in total. The summed E-state index contributed by atoms with van der Waals surface area (Å²) in [4.78, 5) is 15.9. The van der Waals surface area contributed by atoms with Crippen molar-refractivity contribution >= 4 is 64.9 Å². The molecule has 0 radical (unpaired) electrons. The summed E-state index contributed by atoms with van der Waals surface area (Å²) in [6.07, 6.45) is 0. The number of fused-ring (bicyclic) bond motifs is 9. The Morgan fingerprint density at radius 3 is 1.53 bits per heavy atom. The van der Waals surface area contributed by atoms with Gasteiger partial charge < -0.3 is 4.57 Å². The molecule has 11 rings (SSSR count). The van der Waals surface area contributed by atoms with Crippen LogP contribution in [-0.4, -0.2) is 19.5 Å². The second-order valence-corrected chi connectivity index (χ2v) is 13.6. The van der Waals surface area contributed by atoms with Crippen molar-refractivity contribution in [2.75, 3.05) is 0 Å². The lowest BCUT2D eigenvalue weighted by molar-refractivity contribution is 1.07. The summed E-state index contributed by atoms with van der Waals surface area (Å²) in [5.41, 5.74) is 6.17. The van der Waals surface area contributed by atoms with Crippen LogP contribution < -0.4 is 0 Å². The van der Waals surface area contributed by atoms with E-state index in [0.717, 1.165) is 55.0 Å². The Morgan fingerprint density at radius 2 is 0.811 bits per heavy atom. The van der Waals surface area contributed by atoms with Gasteiger partial charge >= 0.3 is 0 Å². The summed E-state index contributed by atoms with van der Waals surface area (Å²) >= 11 is 0. The van der Waals surface area contributed by atoms with E-state index in [0.29, 0.717) is 17.5 Å². The number of hydrogen-bond donors (Lipinski definition) is 0. The maximum absolute atomic E-state index is 5.42. The van der Waals surface area contributed by atoms with Crippen molar-refractivity contribution in [2.24, 2.45) is 0 Å². The van der Waals surface area contributed by atoms with Crippen LogP contribution in [0.25, 0.3) is 105 Å². The lowest BCUT2D eigenvalue weighted by atomic mass is 9.93. The molecule has 0 fully saturated rings. The predicted octanol–water partition coefficient (Wildman–Crippen LogP) is 12.6. The molecule has 0 aliphatic rings. The van der Waals surface area contributed by atoms with E-state index in [9.17, 15) is 0 Å². The molecule has 2 heterocycles. The van der Waals surface area contributed by atoms with E-state index in [-0.39, 0.29) is 0 Å². The van der Waals surface area contributed by atoms with E-state index in [2.05, 4.69) is 168 Å². The van der Waals surface area contributed by atoms with Crippen LogP contribution in [0.1, 0.15) is 0 Å². The Kier molecular flexibility index (Phi) is 6.52. The van der Waals surface area contributed by atoms with Crippen LogP contribution in [0.15, 0.2) is 182 Å². The molecular weight excluding hydrogens is 645 g/mol. The Morgan fingerprint density at radius 1 is 0.321 bits per heavy atom. The lowest BCUT2D eigenvalue weighted by Gasteiger charge is -2.18. The first-order valence-electron chi connectivity index (χ1n) is 18.0. The van der Waals surface area contributed by atoms with Crippen LogP contribution in [-0.2, 0) is 0 Å². The topological polar surface area (TPSA) is 43.6 Å².